The van der Waals surface area contributed by atoms with Crippen LogP contribution in [-0.2, 0) is 10.3 Å². The van der Waals surface area contributed by atoms with Gasteiger partial charge in [0.25, 0.3) is 0 Å². The third-order valence-corrected chi connectivity index (χ3v) is 5.12. The third kappa shape index (κ3) is 4.02. The number of thiophene rings is 1. The molecule has 23 heavy (non-hydrogen) atoms. The Labute approximate surface area is 154 Å². The molecule has 2 heterocycles. The molecule has 0 spiro atoms. The summed E-state index contributed by atoms with van der Waals surface area (Å²) in [7, 11) is 0. The van der Waals surface area contributed by atoms with Crippen molar-refractivity contribution in [3.8, 4) is 0 Å². The third-order valence-electron chi connectivity index (χ3n) is 3.67. The maximum Gasteiger partial charge on any atom is 0.217 e. The maximum atomic E-state index is 11.2. The fraction of sp³-hybridized carbons (Fsp3) is 0.200. The van der Waals surface area contributed by atoms with E-state index in [4.69, 9.17) is 11.5 Å². The van der Waals surface area contributed by atoms with Crippen LogP contribution in [0.1, 0.15) is 24.0 Å². The zero-order valence-electron chi connectivity index (χ0n) is 12.1. The van der Waals surface area contributed by atoms with Gasteiger partial charge in [0.15, 0.2) is 0 Å². The fourth-order valence-corrected chi connectivity index (χ4v) is 3.86. The van der Waals surface area contributed by atoms with Crippen LogP contribution < -0.4 is 11.5 Å². The Morgan fingerprint density at radius 2 is 2.00 bits per heavy atom. The molecule has 0 saturated heterocycles. The number of primary amides is 1. The van der Waals surface area contributed by atoms with Crippen LogP contribution in [0, 0.1) is 0 Å². The van der Waals surface area contributed by atoms with E-state index in [-0.39, 0.29) is 37.1 Å². The summed E-state index contributed by atoms with van der Waals surface area (Å²) in [4.78, 5) is 11.2. The van der Waals surface area contributed by atoms with Crippen LogP contribution in [0.3, 0.4) is 0 Å². The number of carbonyl (C=O) groups is 1. The summed E-state index contributed by atoms with van der Waals surface area (Å²) in [5.41, 5.74) is 13.3. The normalized spacial score (nSPS) is 12.9. The topological polar surface area (TPSA) is 82.0 Å². The highest BCUT2D eigenvalue weighted by Crippen LogP contribution is 2.35. The minimum Gasteiger partial charge on any atom is -0.370 e. The molecule has 0 aliphatic carbocycles. The number of hydrogen-bond donors (Lipinski definition) is 2. The van der Waals surface area contributed by atoms with E-state index < -0.39 is 5.54 Å². The van der Waals surface area contributed by atoms with E-state index in [1.54, 1.807) is 11.3 Å². The Kier molecular flexibility index (Phi) is 6.98. The van der Waals surface area contributed by atoms with E-state index in [2.05, 4.69) is 10.4 Å². The van der Waals surface area contributed by atoms with Crippen molar-refractivity contribution in [2.45, 2.75) is 18.4 Å². The molecule has 0 aliphatic rings. The summed E-state index contributed by atoms with van der Waals surface area (Å²) < 4.78 is 5.28. The van der Waals surface area contributed by atoms with Gasteiger partial charge in [0.05, 0.1) is 10.2 Å². The van der Waals surface area contributed by atoms with E-state index in [9.17, 15) is 4.79 Å². The molecular weight excluding hydrogens is 373 g/mol. The molecular formula is C15H17Cl2N3OS2. The molecule has 1 atom stereocenters. The first-order valence-corrected chi connectivity index (χ1v) is 8.26. The number of hydrogen-bond acceptors (Lipinski definition) is 5. The van der Waals surface area contributed by atoms with E-state index in [1.165, 1.54) is 11.5 Å². The van der Waals surface area contributed by atoms with Crippen LogP contribution in [0.5, 0.6) is 0 Å². The first-order valence-electron chi connectivity index (χ1n) is 6.54. The quantitative estimate of drug-likeness (QED) is 0.697. The SMILES string of the molecule is Cl.Cl.NC(=O)CCC(N)(c1ccsc1)c1ccc2cnsc2c1. The van der Waals surface area contributed by atoms with Gasteiger partial charge in [-0.15, -0.1) is 24.8 Å². The first kappa shape index (κ1) is 19.9. The van der Waals surface area contributed by atoms with Crippen molar-refractivity contribution in [3.63, 3.8) is 0 Å². The summed E-state index contributed by atoms with van der Waals surface area (Å²) in [5, 5.41) is 5.12. The number of carbonyl (C=O) groups excluding carboxylic acids is 1. The molecule has 4 N–H and O–H groups in total. The first-order chi connectivity index (χ1) is 10.1. The summed E-state index contributed by atoms with van der Waals surface area (Å²) in [5.74, 6) is -0.334. The summed E-state index contributed by atoms with van der Waals surface area (Å²) in [6, 6.07) is 8.09. The number of nitrogens with two attached hydrogens (primary N) is 2. The Hall–Kier alpha value is -1.18. The number of halogens is 2. The molecule has 1 amide bonds. The molecule has 0 bridgehead atoms. The van der Waals surface area contributed by atoms with Gasteiger partial charge in [-0.1, -0.05) is 12.1 Å². The van der Waals surface area contributed by atoms with Crippen LogP contribution in [0.25, 0.3) is 10.1 Å². The fourth-order valence-electron chi connectivity index (χ4n) is 2.43. The predicted octanol–water partition coefficient (Wildman–Crippen LogP) is 3.67. The number of nitrogens with zero attached hydrogens (tertiary/aromatic N) is 1. The average Bonchev–Trinajstić information content (AvgIpc) is 3.14. The van der Waals surface area contributed by atoms with E-state index in [1.807, 2.05) is 35.2 Å². The number of rotatable bonds is 5. The van der Waals surface area contributed by atoms with Crippen molar-refractivity contribution >= 4 is 63.7 Å². The molecule has 8 heteroatoms. The second-order valence-corrected chi connectivity index (χ2v) is 6.64. The van der Waals surface area contributed by atoms with Gasteiger partial charge >= 0.3 is 0 Å². The van der Waals surface area contributed by atoms with Crippen LogP contribution in [-0.4, -0.2) is 10.3 Å². The average molecular weight is 390 g/mol. The molecule has 1 aromatic carbocycles. The van der Waals surface area contributed by atoms with E-state index in [0.29, 0.717) is 6.42 Å². The van der Waals surface area contributed by atoms with Crippen molar-refractivity contribution in [3.05, 3.63) is 52.3 Å². The standard InChI is InChI=1S/C15H15N3OS2.2ClH/c16-14(19)3-5-15(17,12-4-6-20-9-12)11-2-1-10-8-18-21-13(10)7-11;;/h1-2,4,6-9H,3,5,17H2,(H2,16,19);2*1H. The Morgan fingerprint density at radius 3 is 2.65 bits per heavy atom. The van der Waals surface area contributed by atoms with Crippen molar-refractivity contribution < 1.29 is 4.79 Å². The number of amides is 1. The molecule has 0 fully saturated rings. The molecule has 0 saturated carbocycles. The highest BCUT2D eigenvalue weighted by Gasteiger charge is 2.30. The number of fused-ring (bicyclic) bond motifs is 1. The largest absolute Gasteiger partial charge is 0.370 e. The summed E-state index contributed by atoms with van der Waals surface area (Å²) >= 11 is 3.04. The minimum absolute atomic E-state index is 0. The van der Waals surface area contributed by atoms with Crippen LogP contribution in [0.4, 0.5) is 0 Å². The molecule has 0 radical (unpaired) electrons. The lowest BCUT2D eigenvalue weighted by atomic mass is 9.81. The highest BCUT2D eigenvalue weighted by atomic mass is 35.5. The lowest BCUT2D eigenvalue weighted by molar-refractivity contribution is -0.118. The Balaban J connectivity index is 0.00000132. The second-order valence-electron chi connectivity index (χ2n) is 5.03. The summed E-state index contributed by atoms with van der Waals surface area (Å²) in [6.45, 7) is 0. The number of aromatic nitrogens is 1. The predicted molar refractivity (Wildman–Crippen MR) is 102 cm³/mol. The van der Waals surface area contributed by atoms with Gasteiger partial charge in [0, 0.05) is 18.0 Å². The maximum absolute atomic E-state index is 11.2. The zero-order chi connectivity index (χ0) is 14.9. The Bertz CT molecular complexity index is 776. The van der Waals surface area contributed by atoms with Gasteiger partial charge < -0.3 is 11.5 Å². The van der Waals surface area contributed by atoms with Crippen LogP contribution in [0.15, 0.2) is 41.2 Å². The molecule has 1 unspecified atom stereocenters. The highest BCUT2D eigenvalue weighted by molar-refractivity contribution is 7.13. The van der Waals surface area contributed by atoms with Gasteiger partial charge in [0.1, 0.15) is 0 Å². The van der Waals surface area contributed by atoms with Crippen molar-refractivity contribution in [1.29, 1.82) is 0 Å². The Morgan fingerprint density at radius 1 is 1.22 bits per heavy atom. The molecule has 4 nitrogen and oxygen atoms in total. The van der Waals surface area contributed by atoms with Crippen LogP contribution in [0.2, 0.25) is 0 Å². The van der Waals surface area contributed by atoms with Gasteiger partial charge in [-0.2, -0.15) is 15.7 Å². The van der Waals surface area contributed by atoms with Gasteiger partial charge in [-0.05, 0) is 52.0 Å². The lowest BCUT2D eigenvalue weighted by Crippen LogP contribution is -2.38. The molecule has 3 rings (SSSR count). The van der Waals surface area contributed by atoms with Gasteiger partial charge in [-0.3, -0.25) is 4.79 Å². The second kappa shape index (κ2) is 8.08. The van der Waals surface area contributed by atoms with E-state index >= 15 is 0 Å². The minimum atomic E-state index is -0.701. The van der Waals surface area contributed by atoms with Gasteiger partial charge in [-0.25, -0.2) is 0 Å². The number of benzene rings is 1. The van der Waals surface area contributed by atoms with E-state index in [0.717, 1.165) is 21.2 Å². The summed E-state index contributed by atoms with van der Waals surface area (Å²) in [6.07, 6.45) is 2.59. The van der Waals surface area contributed by atoms with Crippen LogP contribution >= 0.6 is 47.7 Å². The van der Waals surface area contributed by atoms with Gasteiger partial charge in [0.2, 0.25) is 5.91 Å². The molecule has 3 aromatic rings. The van der Waals surface area contributed by atoms with Crippen molar-refractivity contribution in [2.24, 2.45) is 11.5 Å². The van der Waals surface area contributed by atoms with Crippen molar-refractivity contribution in [1.82, 2.24) is 4.37 Å². The molecule has 124 valence electrons. The lowest BCUT2D eigenvalue weighted by Gasteiger charge is -2.29. The molecule has 0 aliphatic heterocycles. The zero-order valence-corrected chi connectivity index (χ0v) is 15.4. The molecule has 2 aromatic heterocycles. The smallest absolute Gasteiger partial charge is 0.217 e. The van der Waals surface area contributed by atoms with Crippen molar-refractivity contribution in [2.75, 3.05) is 0 Å². The monoisotopic (exact) mass is 389 g/mol.